The summed E-state index contributed by atoms with van der Waals surface area (Å²) in [4.78, 5) is 13.9. The molecule has 0 unspecified atom stereocenters. The Hall–Kier alpha value is -0.970. The predicted molar refractivity (Wildman–Crippen MR) is 85.8 cm³/mol. The molecule has 0 aliphatic heterocycles. The van der Waals surface area contributed by atoms with Crippen LogP contribution in [0.5, 0.6) is 0 Å². The van der Waals surface area contributed by atoms with Crippen molar-refractivity contribution in [2.45, 2.75) is 46.1 Å². The Morgan fingerprint density at radius 3 is 2.60 bits per heavy atom. The number of hydrogen-bond donors (Lipinski definition) is 1. The van der Waals surface area contributed by atoms with Crippen LogP contribution in [0.3, 0.4) is 0 Å². The maximum absolute atomic E-state index is 11.6. The lowest BCUT2D eigenvalue weighted by atomic mass is 10.1. The van der Waals surface area contributed by atoms with Gasteiger partial charge in [-0.3, -0.25) is 0 Å². The van der Waals surface area contributed by atoms with E-state index >= 15 is 0 Å². The van der Waals surface area contributed by atoms with Crippen LogP contribution in [0.1, 0.15) is 40.5 Å². The number of alkyl carbamates (subject to hydrolysis) is 1. The average molecular weight is 345 g/mol. The van der Waals surface area contributed by atoms with Gasteiger partial charge in [0.05, 0.1) is 0 Å². The minimum atomic E-state index is -0.447. The highest BCUT2D eigenvalue weighted by Gasteiger charge is 2.16. The number of halogens is 1. The molecule has 0 heterocycles. The number of likely N-dealkylation sites (N-methyl/N-ethyl adjacent to an activating group) is 1. The second-order valence-corrected chi connectivity index (χ2v) is 6.80. The molecule has 1 rings (SSSR count). The SMILES string of the molecule is CCN(CCNC(=O)OC(C)(C)C)C1=CC=C(Br)CC1. The zero-order valence-electron chi connectivity index (χ0n) is 12.8. The van der Waals surface area contributed by atoms with E-state index in [9.17, 15) is 4.79 Å². The van der Waals surface area contributed by atoms with Crippen molar-refractivity contribution in [3.8, 4) is 0 Å². The first-order valence-corrected chi connectivity index (χ1v) is 7.88. The Morgan fingerprint density at radius 1 is 1.40 bits per heavy atom. The van der Waals surface area contributed by atoms with Crippen LogP contribution in [0.4, 0.5) is 4.79 Å². The summed E-state index contributed by atoms with van der Waals surface area (Å²) in [5, 5.41) is 2.80. The van der Waals surface area contributed by atoms with Crippen LogP contribution >= 0.6 is 15.9 Å². The van der Waals surface area contributed by atoms with Gasteiger partial charge in [0.15, 0.2) is 0 Å². The highest BCUT2D eigenvalue weighted by atomic mass is 79.9. The molecule has 0 saturated heterocycles. The lowest BCUT2D eigenvalue weighted by molar-refractivity contribution is 0.0524. The van der Waals surface area contributed by atoms with E-state index in [-0.39, 0.29) is 6.09 Å². The van der Waals surface area contributed by atoms with Gasteiger partial charge in [-0.05, 0) is 51.1 Å². The third-order valence-corrected chi connectivity index (χ3v) is 3.58. The zero-order valence-corrected chi connectivity index (χ0v) is 14.4. The number of nitrogens with one attached hydrogen (secondary N) is 1. The summed E-state index contributed by atoms with van der Waals surface area (Å²) < 4.78 is 6.45. The third-order valence-electron chi connectivity index (χ3n) is 2.91. The van der Waals surface area contributed by atoms with E-state index in [1.165, 1.54) is 10.2 Å². The van der Waals surface area contributed by atoms with Gasteiger partial charge in [-0.15, -0.1) is 0 Å². The van der Waals surface area contributed by atoms with Crippen LogP contribution in [0.25, 0.3) is 0 Å². The van der Waals surface area contributed by atoms with E-state index in [1.807, 2.05) is 20.8 Å². The van der Waals surface area contributed by atoms with E-state index in [4.69, 9.17) is 4.74 Å². The number of amides is 1. The fraction of sp³-hybridized carbons (Fsp3) is 0.667. The van der Waals surface area contributed by atoms with Crippen molar-refractivity contribution >= 4 is 22.0 Å². The molecule has 0 spiro atoms. The highest BCUT2D eigenvalue weighted by Crippen LogP contribution is 2.24. The summed E-state index contributed by atoms with van der Waals surface area (Å²) in [5.41, 5.74) is 0.874. The molecule has 0 radical (unpaired) electrons. The summed E-state index contributed by atoms with van der Waals surface area (Å²) in [6.45, 7) is 10.0. The second-order valence-electron chi connectivity index (χ2n) is 5.78. The third kappa shape index (κ3) is 6.46. The van der Waals surface area contributed by atoms with Crippen LogP contribution in [-0.2, 0) is 4.74 Å². The second kappa shape index (κ2) is 7.72. The maximum Gasteiger partial charge on any atom is 0.407 e. The van der Waals surface area contributed by atoms with Crippen molar-refractivity contribution in [1.29, 1.82) is 0 Å². The van der Waals surface area contributed by atoms with E-state index in [1.54, 1.807) is 0 Å². The Bertz CT molecular complexity index is 397. The molecule has 0 aromatic rings. The van der Waals surface area contributed by atoms with Gasteiger partial charge in [0.1, 0.15) is 5.60 Å². The molecule has 1 amide bonds. The fourth-order valence-corrected chi connectivity index (χ4v) is 2.31. The van der Waals surface area contributed by atoms with Crippen LogP contribution in [-0.4, -0.2) is 36.2 Å². The molecule has 114 valence electrons. The number of ether oxygens (including phenoxy) is 1. The Morgan fingerprint density at radius 2 is 2.10 bits per heavy atom. The quantitative estimate of drug-likeness (QED) is 0.824. The van der Waals surface area contributed by atoms with E-state index in [2.05, 4.69) is 45.2 Å². The summed E-state index contributed by atoms with van der Waals surface area (Å²) in [7, 11) is 0. The van der Waals surface area contributed by atoms with Crippen LogP contribution in [0, 0.1) is 0 Å². The number of nitrogens with zero attached hydrogens (tertiary/aromatic N) is 1. The molecule has 20 heavy (non-hydrogen) atoms. The monoisotopic (exact) mass is 344 g/mol. The molecule has 0 bridgehead atoms. The van der Waals surface area contributed by atoms with Crippen LogP contribution in [0.2, 0.25) is 0 Å². The molecular weight excluding hydrogens is 320 g/mol. The van der Waals surface area contributed by atoms with Crippen molar-refractivity contribution in [3.63, 3.8) is 0 Å². The predicted octanol–water partition coefficient (Wildman–Crippen LogP) is 3.79. The van der Waals surface area contributed by atoms with E-state index in [0.717, 1.165) is 25.9 Å². The largest absolute Gasteiger partial charge is 0.444 e. The number of carbonyl (C=O) groups is 1. The number of carbonyl (C=O) groups excluding carboxylic acids is 1. The topological polar surface area (TPSA) is 41.6 Å². The number of allylic oxidation sites excluding steroid dienone is 4. The lowest BCUT2D eigenvalue weighted by Crippen LogP contribution is -2.37. The van der Waals surface area contributed by atoms with Crippen molar-refractivity contribution in [3.05, 3.63) is 22.3 Å². The molecule has 0 aromatic heterocycles. The molecule has 0 saturated carbocycles. The van der Waals surface area contributed by atoms with Crippen molar-refractivity contribution in [1.82, 2.24) is 10.2 Å². The van der Waals surface area contributed by atoms with Crippen LogP contribution in [0.15, 0.2) is 22.3 Å². The summed E-state index contributed by atoms with van der Waals surface area (Å²) in [5.74, 6) is 0. The molecule has 1 aliphatic carbocycles. The van der Waals surface area contributed by atoms with Gasteiger partial charge >= 0.3 is 6.09 Å². The fourth-order valence-electron chi connectivity index (χ4n) is 1.98. The maximum atomic E-state index is 11.6. The average Bonchev–Trinajstić information content (AvgIpc) is 2.34. The summed E-state index contributed by atoms with van der Waals surface area (Å²) in [6.07, 6.45) is 5.97. The lowest BCUT2D eigenvalue weighted by Gasteiger charge is -2.28. The van der Waals surface area contributed by atoms with Crippen molar-refractivity contribution < 1.29 is 9.53 Å². The molecule has 0 aromatic carbocycles. The zero-order chi connectivity index (χ0) is 15.2. The Balaban J connectivity index is 2.37. The van der Waals surface area contributed by atoms with Gasteiger partial charge in [-0.1, -0.05) is 22.0 Å². The molecule has 5 heteroatoms. The first-order valence-electron chi connectivity index (χ1n) is 7.09. The molecule has 0 atom stereocenters. The Kier molecular flexibility index (Phi) is 6.59. The van der Waals surface area contributed by atoms with Gasteiger partial charge in [0.2, 0.25) is 0 Å². The van der Waals surface area contributed by atoms with E-state index in [0.29, 0.717) is 6.54 Å². The van der Waals surface area contributed by atoms with Gasteiger partial charge in [0, 0.05) is 25.3 Å². The van der Waals surface area contributed by atoms with E-state index < -0.39 is 5.60 Å². The summed E-state index contributed by atoms with van der Waals surface area (Å²) in [6, 6.07) is 0. The van der Waals surface area contributed by atoms with Crippen molar-refractivity contribution in [2.75, 3.05) is 19.6 Å². The number of hydrogen-bond acceptors (Lipinski definition) is 3. The molecule has 1 aliphatic rings. The number of rotatable bonds is 5. The molecule has 1 N–H and O–H groups in total. The minimum absolute atomic E-state index is 0.353. The standard InChI is InChI=1S/C15H25BrN2O2/c1-5-18(13-8-6-12(16)7-9-13)11-10-17-14(19)20-15(2,3)4/h6,8H,5,7,9-11H2,1-4H3,(H,17,19). The normalized spacial score (nSPS) is 15.2. The minimum Gasteiger partial charge on any atom is -0.444 e. The summed E-state index contributed by atoms with van der Waals surface area (Å²) >= 11 is 3.51. The highest BCUT2D eigenvalue weighted by molar-refractivity contribution is 9.11. The molecular formula is C15H25BrN2O2. The van der Waals surface area contributed by atoms with Gasteiger partial charge in [0.25, 0.3) is 0 Å². The molecule has 4 nitrogen and oxygen atoms in total. The van der Waals surface area contributed by atoms with Crippen LogP contribution < -0.4 is 5.32 Å². The van der Waals surface area contributed by atoms with Gasteiger partial charge in [-0.2, -0.15) is 0 Å². The van der Waals surface area contributed by atoms with Crippen molar-refractivity contribution in [2.24, 2.45) is 0 Å². The Labute approximate surface area is 130 Å². The first kappa shape index (κ1) is 17.1. The smallest absolute Gasteiger partial charge is 0.407 e. The van der Waals surface area contributed by atoms with Gasteiger partial charge < -0.3 is 15.0 Å². The van der Waals surface area contributed by atoms with Gasteiger partial charge in [-0.25, -0.2) is 4.79 Å². The first-order chi connectivity index (χ1) is 9.31. The molecule has 0 fully saturated rings.